The van der Waals surface area contributed by atoms with Crippen molar-refractivity contribution in [1.82, 2.24) is 0 Å². The van der Waals surface area contributed by atoms with E-state index in [1.807, 2.05) is 12.1 Å². The number of anilines is 2. The first-order valence-electron chi connectivity index (χ1n) is 7.18. The lowest BCUT2D eigenvalue weighted by Gasteiger charge is -2.42. The number of hydrogen-bond donors (Lipinski definition) is 1. The van der Waals surface area contributed by atoms with E-state index in [0.717, 1.165) is 24.5 Å². The summed E-state index contributed by atoms with van der Waals surface area (Å²) in [5.41, 5.74) is 9.06. The Balaban J connectivity index is 2.16. The lowest BCUT2D eigenvalue weighted by Crippen LogP contribution is -2.39. The summed E-state index contributed by atoms with van der Waals surface area (Å²) in [6.45, 7) is 6.68. The molecule has 2 N–H and O–H groups in total. The van der Waals surface area contributed by atoms with E-state index in [4.69, 9.17) is 11.0 Å². The molecule has 0 unspecified atom stereocenters. The lowest BCUT2D eigenvalue weighted by atomic mass is 9.74. The van der Waals surface area contributed by atoms with Crippen molar-refractivity contribution in [3.8, 4) is 6.07 Å². The third kappa shape index (κ3) is 2.68. The van der Waals surface area contributed by atoms with Crippen molar-refractivity contribution in [2.24, 2.45) is 5.41 Å². The Morgan fingerprint density at radius 1 is 1.26 bits per heavy atom. The quantitative estimate of drug-likeness (QED) is 0.842. The molecule has 1 heterocycles. The standard InChI is InChI=1S/C16H23N3/c1-3-16(4-2)7-9-19(10-8-16)15-11-13(12-17)5-6-14(15)18/h5-6,11H,3-4,7-10,18H2,1-2H3. The molecule has 0 saturated carbocycles. The highest BCUT2D eigenvalue weighted by Crippen LogP contribution is 2.40. The Morgan fingerprint density at radius 3 is 2.42 bits per heavy atom. The molecule has 102 valence electrons. The third-order valence-electron chi connectivity index (χ3n) is 4.82. The molecule has 0 atom stereocenters. The van der Waals surface area contributed by atoms with E-state index >= 15 is 0 Å². The lowest BCUT2D eigenvalue weighted by molar-refractivity contribution is 0.199. The highest BCUT2D eigenvalue weighted by Gasteiger charge is 2.31. The molecule has 0 amide bonds. The predicted molar refractivity (Wildman–Crippen MR) is 80.0 cm³/mol. The van der Waals surface area contributed by atoms with Crippen LogP contribution < -0.4 is 10.6 Å². The zero-order chi connectivity index (χ0) is 13.9. The minimum atomic E-state index is 0.512. The van der Waals surface area contributed by atoms with Crippen LogP contribution in [0.1, 0.15) is 45.1 Å². The van der Waals surface area contributed by atoms with Gasteiger partial charge in [0.25, 0.3) is 0 Å². The van der Waals surface area contributed by atoms with Crippen molar-refractivity contribution < 1.29 is 0 Å². The SMILES string of the molecule is CCC1(CC)CCN(c2cc(C#N)ccc2N)CC1. The topological polar surface area (TPSA) is 53.0 Å². The minimum absolute atomic E-state index is 0.512. The average Bonchev–Trinajstić information content (AvgIpc) is 2.48. The second-order valence-corrected chi connectivity index (χ2v) is 5.58. The molecule has 1 aliphatic rings. The molecule has 1 aromatic rings. The summed E-state index contributed by atoms with van der Waals surface area (Å²) < 4.78 is 0. The molecule has 0 spiro atoms. The Kier molecular flexibility index (Phi) is 3.99. The van der Waals surface area contributed by atoms with E-state index in [1.165, 1.54) is 25.7 Å². The van der Waals surface area contributed by atoms with Crippen LogP contribution in [0.2, 0.25) is 0 Å². The van der Waals surface area contributed by atoms with Gasteiger partial charge in [-0.3, -0.25) is 0 Å². The maximum Gasteiger partial charge on any atom is 0.0992 e. The number of piperidine rings is 1. The van der Waals surface area contributed by atoms with Gasteiger partial charge in [-0.15, -0.1) is 0 Å². The third-order valence-corrected chi connectivity index (χ3v) is 4.82. The molecular weight excluding hydrogens is 234 g/mol. The Labute approximate surface area is 116 Å². The van der Waals surface area contributed by atoms with Gasteiger partial charge in [0.05, 0.1) is 23.0 Å². The average molecular weight is 257 g/mol. The predicted octanol–water partition coefficient (Wildman–Crippen LogP) is 3.55. The maximum atomic E-state index is 9.00. The molecule has 1 saturated heterocycles. The van der Waals surface area contributed by atoms with Gasteiger partial charge in [-0.25, -0.2) is 0 Å². The first-order chi connectivity index (χ1) is 9.14. The van der Waals surface area contributed by atoms with Crippen LogP contribution in [0.5, 0.6) is 0 Å². The van der Waals surface area contributed by atoms with Crippen molar-refractivity contribution in [2.45, 2.75) is 39.5 Å². The van der Waals surface area contributed by atoms with Crippen molar-refractivity contribution in [1.29, 1.82) is 5.26 Å². The summed E-state index contributed by atoms with van der Waals surface area (Å²) in [5, 5.41) is 9.00. The fourth-order valence-electron chi connectivity index (χ4n) is 3.07. The Morgan fingerprint density at radius 2 is 1.89 bits per heavy atom. The van der Waals surface area contributed by atoms with Crippen LogP contribution in [0, 0.1) is 16.7 Å². The van der Waals surface area contributed by atoms with E-state index in [9.17, 15) is 0 Å². The molecule has 0 aliphatic carbocycles. The minimum Gasteiger partial charge on any atom is -0.397 e. The van der Waals surface area contributed by atoms with Gasteiger partial charge in [-0.2, -0.15) is 5.26 Å². The first kappa shape index (κ1) is 13.7. The fourth-order valence-corrected chi connectivity index (χ4v) is 3.07. The second kappa shape index (κ2) is 5.52. The Hall–Kier alpha value is -1.69. The van der Waals surface area contributed by atoms with E-state index in [2.05, 4.69) is 24.8 Å². The molecule has 0 radical (unpaired) electrons. The molecule has 1 aromatic carbocycles. The highest BCUT2D eigenvalue weighted by molar-refractivity contribution is 5.69. The van der Waals surface area contributed by atoms with Crippen LogP contribution >= 0.6 is 0 Å². The van der Waals surface area contributed by atoms with Gasteiger partial charge in [0.15, 0.2) is 0 Å². The summed E-state index contributed by atoms with van der Waals surface area (Å²) in [6.07, 6.45) is 4.95. The molecule has 3 heteroatoms. The molecule has 2 rings (SSSR count). The second-order valence-electron chi connectivity index (χ2n) is 5.58. The summed E-state index contributed by atoms with van der Waals surface area (Å²) in [6, 6.07) is 7.73. The highest BCUT2D eigenvalue weighted by atomic mass is 15.1. The van der Waals surface area contributed by atoms with Crippen LogP contribution in [0.15, 0.2) is 18.2 Å². The number of rotatable bonds is 3. The van der Waals surface area contributed by atoms with E-state index in [-0.39, 0.29) is 0 Å². The molecule has 1 fully saturated rings. The van der Waals surface area contributed by atoms with Crippen LogP contribution in [0.3, 0.4) is 0 Å². The molecular formula is C16H23N3. The zero-order valence-corrected chi connectivity index (χ0v) is 11.9. The fraction of sp³-hybridized carbons (Fsp3) is 0.562. The van der Waals surface area contributed by atoms with Crippen LogP contribution in [-0.2, 0) is 0 Å². The molecule has 3 nitrogen and oxygen atoms in total. The van der Waals surface area contributed by atoms with Gasteiger partial charge in [-0.05, 0) is 36.5 Å². The van der Waals surface area contributed by atoms with E-state index in [1.54, 1.807) is 6.07 Å². The molecule has 0 aromatic heterocycles. The van der Waals surface area contributed by atoms with Crippen LogP contribution in [0.4, 0.5) is 11.4 Å². The van der Waals surface area contributed by atoms with Gasteiger partial charge in [-0.1, -0.05) is 26.7 Å². The number of benzene rings is 1. The first-order valence-corrected chi connectivity index (χ1v) is 7.18. The largest absolute Gasteiger partial charge is 0.397 e. The number of nitriles is 1. The van der Waals surface area contributed by atoms with Crippen LogP contribution in [-0.4, -0.2) is 13.1 Å². The summed E-state index contributed by atoms with van der Waals surface area (Å²) >= 11 is 0. The summed E-state index contributed by atoms with van der Waals surface area (Å²) in [7, 11) is 0. The van der Waals surface area contributed by atoms with Gasteiger partial charge < -0.3 is 10.6 Å². The monoisotopic (exact) mass is 257 g/mol. The van der Waals surface area contributed by atoms with Gasteiger partial charge in [0.1, 0.15) is 0 Å². The van der Waals surface area contributed by atoms with Gasteiger partial charge in [0, 0.05) is 13.1 Å². The van der Waals surface area contributed by atoms with Crippen molar-refractivity contribution in [2.75, 3.05) is 23.7 Å². The van der Waals surface area contributed by atoms with Crippen molar-refractivity contribution >= 4 is 11.4 Å². The van der Waals surface area contributed by atoms with Crippen molar-refractivity contribution in [3.63, 3.8) is 0 Å². The van der Waals surface area contributed by atoms with Gasteiger partial charge >= 0.3 is 0 Å². The number of hydrogen-bond acceptors (Lipinski definition) is 3. The number of nitrogens with two attached hydrogens (primary N) is 1. The van der Waals surface area contributed by atoms with Gasteiger partial charge in [0.2, 0.25) is 0 Å². The number of nitrogens with zero attached hydrogens (tertiary/aromatic N) is 2. The maximum absolute atomic E-state index is 9.00. The van der Waals surface area contributed by atoms with Crippen molar-refractivity contribution in [3.05, 3.63) is 23.8 Å². The number of nitrogen functional groups attached to an aromatic ring is 1. The molecule has 1 aliphatic heterocycles. The smallest absolute Gasteiger partial charge is 0.0992 e. The summed E-state index contributed by atoms with van der Waals surface area (Å²) in [5.74, 6) is 0. The van der Waals surface area contributed by atoms with Crippen LogP contribution in [0.25, 0.3) is 0 Å². The zero-order valence-electron chi connectivity index (χ0n) is 11.9. The Bertz CT molecular complexity index is 473. The molecule has 19 heavy (non-hydrogen) atoms. The summed E-state index contributed by atoms with van der Waals surface area (Å²) in [4.78, 5) is 2.33. The van der Waals surface area contributed by atoms with E-state index < -0.39 is 0 Å². The normalized spacial score (nSPS) is 18.1. The molecule has 0 bridgehead atoms. The van der Waals surface area contributed by atoms with E-state index in [0.29, 0.717) is 11.0 Å².